The van der Waals surface area contributed by atoms with Crippen molar-refractivity contribution in [2.24, 2.45) is 0 Å². The third kappa shape index (κ3) is 1.65. The number of aromatic nitrogens is 1. The van der Waals surface area contributed by atoms with Crippen molar-refractivity contribution in [2.45, 2.75) is 13.0 Å². The topological polar surface area (TPSA) is 34.1 Å². The smallest absolute Gasteiger partial charge is 0.112 e. The Kier molecular flexibility index (Phi) is 2.39. The molecule has 0 amide bonds. The number of thiazole rings is 1. The molecule has 1 saturated heterocycles. The van der Waals surface area contributed by atoms with Gasteiger partial charge in [0.25, 0.3) is 0 Å². The molecule has 1 aromatic rings. The van der Waals surface area contributed by atoms with E-state index in [4.69, 9.17) is 4.74 Å². The summed E-state index contributed by atoms with van der Waals surface area (Å²) in [6.07, 6.45) is 0. The van der Waals surface area contributed by atoms with E-state index in [1.165, 1.54) is 0 Å². The summed E-state index contributed by atoms with van der Waals surface area (Å²) in [4.78, 5) is 4.41. The van der Waals surface area contributed by atoms with Crippen LogP contribution < -0.4 is 5.32 Å². The molecule has 12 heavy (non-hydrogen) atoms. The van der Waals surface area contributed by atoms with Gasteiger partial charge in [0, 0.05) is 17.6 Å². The molecule has 1 aromatic heterocycles. The molecule has 3 nitrogen and oxygen atoms in total. The molecule has 0 aliphatic carbocycles. The Bertz CT molecular complexity index is 255. The largest absolute Gasteiger partial charge is 0.378 e. The summed E-state index contributed by atoms with van der Waals surface area (Å²) in [7, 11) is 0. The van der Waals surface area contributed by atoms with Crippen molar-refractivity contribution < 1.29 is 4.74 Å². The number of rotatable bonds is 1. The van der Waals surface area contributed by atoms with Crippen molar-refractivity contribution in [3.63, 3.8) is 0 Å². The third-order valence-electron chi connectivity index (χ3n) is 1.86. The van der Waals surface area contributed by atoms with Crippen LogP contribution in [0.4, 0.5) is 0 Å². The van der Waals surface area contributed by atoms with Crippen LogP contribution in [-0.4, -0.2) is 24.7 Å². The van der Waals surface area contributed by atoms with Gasteiger partial charge in [0.2, 0.25) is 0 Å². The molecular formula is C8H12N2OS. The minimum atomic E-state index is 0.317. The van der Waals surface area contributed by atoms with E-state index in [2.05, 4.69) is 15.7 Å². The second-order valence-electron chi connectivity index (χ2n) is 2.91. The van der Waals surface area contributed by atoms with Crippen molar-refractivity contribution in [3.8, 4) is 0 Å². The van der Waals surface area contributed by atoms with E-state index in [0.29, 0.717) is 6.04 Å². The number of morpholine rings is 1. The van der Waals surface area contributed by atoms with Crippen molar-refractivity contribution in [2.75, 3.05) is 19.8 Å². The van der Waals surface area contributed by atoms with Crippen LogP contribution in [0.5, 0.6) is 0 Å². The molecule has 1 atom stereocenters. The lowest BCUT2D eigenvalue weighted by molar-refractivity contribution is 0.0768. The van der Waals surface area contributed by atoms with Crippen LogP contribution in [0.3, 0.4) is 0 Å². The number of aryl methyl sites for hydroxylation is 1. The Morgan fingerprint density at radius 2 is 2.67 bits per heavy atom. The number of nitrogens with one attached hydrogen (secondary N) is 1. The van der Waals surface area contributed by atoms with E-state index < -0.39 is 0 Å². The summed E-state index contributed by atoms with van der Waals surface area (Å²) in [5, 5.41) is 6.59. The van der Waals surface area contributed by atoms with Crippen LogP contribution in [0, 0.1) is 6.92 Å². The SMILES string of the molecule is Cc1csc([C@@H]2COCCN2)n1. The van der Waals surface area contributed by atoms with E-state index in [-0.39, 0.29) is 0 Å². The summed E-state index contributed by atoms with van der Waals surface area (Å²) in [6, 6.07) is 0.317. The maximum absolute atomic E-state index is 5.35. The minimum absolute atomic E-state index is 0.317. The quantitative estimate of drug-likeness (QED) is 0.710. The van der Waals surface area contributed by atoms with Crippen LogP contribution in [0.25, 0.3) is 0 Å². The van der Waals surface area contributed by atoms with Crippen LogP contribution in [0.2, 0.25) is 0 Å². The van der Waals surface area contributed by atoms with Crippen molar-refractivity contribution in [3.05, 3.63) is 16.1 Å². The number of nitrogens with zero attached hydrogens (tertiary/aromatic N) is 1. The molecule has 0 radical (unpaired) electrons. The predicted octanol–water partition coefficient (Wildman–Crippen LogP) is 1.11. The van der Waals surface area contributed by atoms with Gasteiger partial charge in [-0.1, -0.05) is 0 Å². The molecule has 2 heterocycles. The molecule has 1 aliphatic rings. The Morgan fingerprint density at radius 3 is 3.25 bits per heavy atom. The fourth-order valence-corrected chi connectivity index (χ4v) is 2.11. The highest BCUT2D eigenvalue weighted by Gasteiger charge is 2.17. The Hall–Kier alpha value is -0.450. The van der Waals surface area contributed by atoms with E-state index in [0.717, 1.165) is 30.5 Å². The van der Waals surface area contributed by atoms with E-state index >= 15 is 0 Å². The average molecular weight is 184 g/mol. The second kappa shape index (κ2) is 3.51. The Morgan fingerprint density at radius 1 is 1.75 bits per heavy atom. The summed E-state index contributed by atoms with van der Waals surface area (Å²) in [5.41, 5.74) is 1.10. The van der Waals surface area contributed by atoms with Gasteiger partial charge in [-0.05, 0) is 6.92 Å². The molecule has 0 saturated carbocycles. The van der Waals surface area contributed by atoms with Crippen molar-refractivity contribution >= 4 is 11.3 Å². The molecule has 0 spiro atoms. The number of hydrogen-bond acceptors (Lipinski definition) is 4. The zero-order chi connectivity index (χ0) is 8.39. The van der Waals surface area contributed by atoms with Gasteiger partial charge in [0.15, 0.2) is 0 Å². The monoisotopic (exact) mass is 184 g/mol. The van der Waals surface area contributed by atoms with Gasteiger partial charge >= 0.3 is 0 Å². The predicted molar refractivity (Wildman–Crippen MR) is 48.4 cm³/mol. The lowest BCUT2D eigenvalue weighted by atomic mass is 10.3. The first-order valence-electron chi connectivity index (χ1n) is 4.09. The second-order valence-corrected chi connectivity index (χ2v) is 3.80. The summed E-state index contributed by atoms with van der Waals surface area (Å²) < 4.78 is 5.35. The summed E-state index contributed by atoms with van der Waals surface area (Å²) in [6.45, 7) is 4.53. The molecule has 0 aromatic carbocycles. The van der Waals surface area contributed by atoms with E-state index in [1.54, 1.807) is 11.3 Å². The summed E-state index contributed by atoms with van der Waals surface area (Å²) >= 11 is 1.70. The van der Waals surface area contributed by atoms with Gasteiger partial charge in [0.1, 0.15) is 5.01 Å². The first kappa shape index (κ1) is 8.16. The highest BCUT2D eigenvalue weighted by molar-refractivity contribution is 7.09. The normalized spacial score (nSPS) is 24.2. The molecular weight excluding hydrogens is 172 g/mol. The minimum Gasteiger partial charge on any atom is -0.378 e. The van der Waals surface area contributed by atoms with Gasteiger partial charge in [0.05, 0.1) is 19.3 Å². The lowest BCUT2D eigenvalue weighted by Crippen LogP contribution is -2.34. The molecule has 66 valence electrons. The molecule has 0 unspecified atom stereocenters. The molecule has 1 aliphatic heterocycles. The molecule has 2 rings (SSSR count). The third-order valence-corrected chi connectivity index (χ3v) is 2.93. The van der Waals surface area contributed by atoms with Gasteiger partial charge in [-0.15, -0.1) is 11.3 Å². The molecule has 0 bridgehead atoms. The van der Waals surface area contributed by atoms with Crippen molar-refractivity contribution in [1.82, 2.24) is 10.3 Å². The van der Waals surface area contributed by atoms with Crippen LogP contribution in [0.15, 0.2) is 5.38 Å². The summed E-state index contributed by atoms with van der Waals surface area (Å²) in [5.74, 6) is 0. The Balaban J connectivity index is 2.08. The fourth-order valence-electron chi connectivity index (χ4n) is 1.26. The zero-order valence-corrected chi connectivity index (χ0v) is 7.86. The first-order chi connectivity index (χ1) is 5.86. The van der Waals surface area contributed by atoms with E-state index in [1.807, 2.05) is 6.92 Å². The molecule has 1 N–H and O–H groups in total. The van der Waals surface area contributed by atoms with Crippen LogP contribution >= 0.6 is 11.3 Å². The Labute approximate surface area is 75.8 Å². The molecule has 4 heteroatoms. The fraction of sp³-hybridized carbons (Fsp3) is 0.625. The number of ether oxygens (including phenoxy) is 1. The highest BCUT2D eigenvalue weighted by atomic mass is 32.1. The average Bonchev–Trinajstić information content (AvgIpc) is 2.54. The highest BCUT2D eigenvalue weighted by Crippen LogP contribution is 2.19. The van der Waals surface area contributed by atoms with Gasteiger partial charge < -0.3 is 10.1 Å². The van der Waals surface area contributed by atoms with Crippen LogP contribution in [0.1, 0.15) is 16.7 Å². The van der Waals surface area contributed by atoms with Crippen molar-refractivity contribution in [1.29, 1.82) is 0 Å². The van der Waals surface area contributed by atoms with E-state index in [9.17, 15) is 0 Å². The van der Waals surface area contributed by atoms with Gasteiger partial charge in [-0.2, -0.15) is 0 Å². The van der Waals surface area contributed by atoms with Gasteiger partial charge in [-0.3, -0.25) is 0 Å². The molecule has 1 fully saturated rings. The number of hydrogen-bond donors (Lipinski definition) is 1. The van der Waals surface area contributed by atoms with Crippen LogP contribution in [-0.2, 0) is 4.74 Å². The lowest BCUT2D eigenvalue weighted by Gasteiger charge is -2.21. The zero-order valence-electron chi connectivity index (χ0n) is 7.04. The standard InChI is InChI=1S/C8H12N2OS/c1-6-5-12-8(10-6)7-4-11-3-2-9-7/h5,7,9H,2-4H2,1H3/t7-/m0/s1. The maximum Gasteiger partial charge on any atom is 0.112 e. The first-order valence-corrected chi connectivity index (χ1v) is 4.97. The maximum atomic E-state index is 5.35. The van der Waals surface area contributed by atoms with Gasteiger partial charge in [-0.25, -0.2) is 4.98 Å².